The molecule has 1 aromatic carbocycles. The van der Waals surface area contributed by atoms with Crippen LogP contribution in [0.2, 0.25) is 24.2 Å². The topological polar surface area (TPSA) is 0 Å². The molecule has 166 valence electrons. The smallest absolute Gasteiger partial charge is 0.173 e. The van der Waals surface area contributed by atoms with Gasteiger partial charge in [0.2, 0.25) is 0 Å². The molecule has 0 N–H and O–H groups in total. The van der Waals surface area contributed by atoms with Gasteiger partial charge in [0.25, 0.3) is 6.08 Å². The van der Waals surface area contributed by atoms with Crippen LogP contribution in [-0.2, 0) is 6.42 Å². The van der Waals surface area contributed by atoms with Crippen molar-refractivity contribution in [3.05, 3.63) is 54.1 Å². The lowest BCUT2D eigenvalue weighted by Crippen LogP contribution is -2.41. The van der Waals surface area contributed by atoms with E-state index in [1.807, 2.05) is 24.3 Å². The van der Waals surface area contributed by atoms with Gasteiger partial charge in [-0.1, -0.05) is 93.9 Å². The lowest BCUT2D eigenvalue weighted by molar-refractivity contribution is 0.324. The molecule has 0 bridgehead atoms. The van der Waals surface area contributed by atoms with E-state index in [2.05, 4.69) is 19.2 Å². The number of aryl methyl sites for hydroxylation is 1. The predicted octanol–water partition coefficient (Wildman–Crippen LogP) is 9.26. The van der Waals surface area contributed by atoms with Gasteiger partial charge in [0.05, 0.1) is 8.07 Å². The minimum Gasteiger partial charge on any atom is -0.173 e. The van der Waals surface area contributed by atoms with E-state index in [0.717, 1.165) is 29.9 Å². The van der Waals surface area contributed by atoms with Crippen LogP contribution < -0.4 is 0 Å². The molecule has 1 heterocycles. The molecule has 1 aliphatic heterocycles. The molecular formula is C27H40F2Si. The van der Waals surface area contributed by atoms with E-state index >= 15 is 0 Å². The molecule has 1 aromatic rings. The maximum atomic E-state index is 12.4. The first-order valence-corrected chi connectivity index (χ1v) is 15.2. The van der Waals surface area contributed by atoms with E-state index < -0.39 is 14.2 Å². The highest BCUT2D eigenvalue weighted by molar-refractivity contribution is 6.80. The average molecular weight is 431 g/mol. The first-order valence-electron chi connectivity index (χ1n) is 12.2. The molecule has 0 spiro atoms. The van der Waals surface area contributed by atoms with Gasteiger partial charge in [-0.3, -0.25) is 0 Å². The second-order valence-electron chi connectivity index (χ2n) is 10.2. The van der Waals surface area contributed by atoms with Gasteiger partial charge in [0, 0.05) is 6.08 Å². The lowest BCUT2D eigenvalue weighted by atomic mass is 9.85. The molecule has 0 aromatic heterocycles. The van der Waals surface area contributed by atoms with Crippen molar-refractivity contribution in [2.24, 2.45) is 11.8 Å². The van der Waals surface area contributed by atoms with E-state index in [1.165, 1.54) is 81.9 Å². The summed E-state index contributed by atoms with van der Waals surface area (Å²) < 4.78 is 24.7. The maximum Gasteiger partial charge on any atom is 0.270 e. The molecular weight excluding hydrogens is 390 g/mol. The van der Waals surface area contributed by atoms with E-state index in [-0.39, 0.29) is 0 Å². The van der Waals surface area contributed by atoms with Gasteiger partial charge >= 0.3 is 0 Å². The van der Waals surface area contributed by atoms with Crippen molar-refractivity contribution in [3.63, 3.8) is 0 Å². The van der Waals surface area contributed by atoms with Crippen molar-refractivity contribution in [1.29, 1.82) is 0 Å². The largest absolute Gasteiger partial charge is 0.270 e. The first kappa shape index (κ1) is 23.4. The Hall–Kier alpha value is -1.22. The molecule has 2 fully saturated rings. The maximum absolute atomic E-state index is 12.4. The van der Waals surface area contributed by atoms with Gasteiger partial charge < -0.3 is 0 Å². The third-order valence-electron chi connectivity index (χ3n) is 8.20. The second kappa shape index (κ2) is 11.4. The number of allylic oxidation sites excluding steroid dienone is 1. The zero-order valence-electron chi connectivity index (χ0n) is 18.9. The van der Waals surface area contributed by atoms with Crippen molar-refractivity contribution in [1.82, 2.24) is 0 Å². The van der Waals surface area contributed by atoms with Gasteiger partial charge in [0.15, 0.2) is 0 Å². The van der Waals surface area contributed by atoms with Crippen LogP contribution in [0.25, 0.3) is 6.08 Å². The summed E-state index contributed by atoms with van der Waals surface area (Å²) in [6, 6.07) is 10.7. The quantitative estimate of drug-likeness (QED) is 0.208. The Morgan fingerprint density at radius 1 is 0.967 bits per heavy atom. The molecule has 1 saturated heterocycles. The summed E-state index contributed by atoms with van der Waals surface area (Å²) >= 11 is 0. The fourth-order valence-corrected chi connectivity index (χ4v) is 10.9. The summed E-state index contributed by atoms with van der Waals surface area (Å²) in [4.78, 5) is 0. The fourth-order valence-electron chi connectivity index (χ4n) is 6.01. The second-order valence-corrected chi connectivity index (χ2v) is 15.4. The molecule has 0 radical (unpaired) electrons. The van der Waals surface area contributed by atoms with Gasteiger partial charge in [-0.15, -0.1) is 6.58 Å². The monoisotopic (exact) mass is 430 g/mol. The molecule has 0 unspecified atom stereocenters. The summed E-state index contributed by atoms with van der Waals surface area (Å²) in [5.74, 6) is 1.85. The van der Waals surface area contributed by atoms with Gasteiger partial charge in [0.1, 0.15) is 0 Å². The minimum absolute atomic E-state index is 0.591. The molecule has 30 heavy (non-hydrogen) atoms. The van der Waals surface area contributed by atoms with Crippen molar-refractivity contribution in [2.45, 2.75) is 94.8 Å². The zero-order valence-corrected chi connectivity index (χ0v) is 19.9. The van der Waals surface area contributed by atoms with Crippen molar-refractivity contribution in [2.75, 3.05) is 0 Å². The Bertz CT molecular complexity index is 673. The molecule has 1 aliphatic carbocycles. The Morgan fingerprint density at radius 3 is 2.20 bits per heavy atom. The van der Waals surface area contributed by atoms with Gasteiger partial charge in [-0.05, 0) is 54.2 Å². The average Bonchev–Trinajstić information content (AvgIpc) is 2.75. The van der Waals surface area contributed by atoms with Gasteiger partial charge in [-0.2, -0.15) is 8.78 Å². The first-order chi connectivity index (χ1) is 14.5. The summed E-state index contributed by atoms with van der Waals surface area (Å²) in [6.45, 7) is 6.56. The number of halogens is 2. The zero-order chi connectivity index (χ0) is 21.4. The molecule has 0 nitrogen and oxygen atoms in total. The molecule has 1 saturated carbocycles. The molecule has 3 rings (SSSR count). The molecule has 0 atom stereocenters. The van der Waals surface area contributed by atoms with Crippen molar-refractivity contribution >= 4 is 14.1 Å². The number of benzene rings is 1. The van der Waals surface area contributed by atoms with Crippen LogP contribution in [0, 0.1) is 11.8 Å². The lowest BCUT2D eigenvalue weighted by Gasteiger charge is -2.44. The SMILES string of the molecule is C=CCCC[C@H]1CC[C@H]([Si]2(C)CCC(CCc3ccc(C=C(F)F)cc3)CC2)CC1. The highest BCUT2D eigenvalue weighted by Gasteiger charge is 2.40. The van der Waals surface area contributed by atoms with Crippen LogP contribution in [0.15, 0.2) is 43.0 Å². The van der Waals surface area contributed by atoms with Crippen LogP contribution >= 0.6 is 0 Å². The normalized spacial score (nSPS) is 29.4. The number of hydrogen-bond donors (Lipinski definition) is 0. The van der Waals surface area contributed by atoms with Crippen LogP contribution in [-0.4, -0.2) is 8.07 Å². The van der Waals surface area contributed by atoms with E-state index in [9.17, 15) is 8.78 Å². The molecule has 0 amide bonds. The fraction of sp³-hybridized carbons (Fsp3) is 0.630. The summed E-state index contributed by atoms with van der Waals surface area (Å²) in [5, 5.41) is 0. The van der Waals surface area contributed by atoms with Crippen molar-refractivity contribution in [3.8, 4) is 0 Å². The Balaban J connectivity index is 1.39. The standard InChI is InChI=1S/C27H40F2Si/c1-3-4-5-6-22-13-15-26(16-14-22)30(2)19-17-24(18-20-30)8-7-23-9-11-25(12-10-23)21-27(28)29/h3,9-12,21-22,24,26H,1,4-8,13-20H2,2H3/t22-,24?,26-,30?. The third-order valence-corrected chi connectivity index (χ3v) is 13.6. The predicted molar refractivity (Wildman–Crippen MR) is 129 cm³/mol. The summed E-state index contributed by atoms with van der Waals surface area (Å²) in [7, 11) is -1.07. The third kappa shape index (κ3) is 6.90. The van der Waals surface area contributed by atoms with E-state index in [0.29, 0.717) is 5.56 Å². The minimum atomic E-state index is -1.63. The van der Waals surface area contributed by atoms with E-state index in [1.54, 1.807) is 0 Å². The van der Waals surface area contributed by atoms with Gasteiger partial charge in [-0.25, -0.2) is 0 Å². The van der Waals surface area contributed by atoms with Crippen LogP contribution in [0.5, 0.6) is 0 Å². The highest BCUT2D eigenvalue weighted by Crippen LogP contribution is 2.48. The highest BCUT2D eigenvalue weighted by atomic mass is 28.3. The van der Waals surface area contributed by atoms with Crippen LogP contribution in [0.4, 0.5) is 8.78 Å². The van der Waals surface area contributed by atoms with E-state index in [4.69, 9.17) is 0 Å². The van der Waals surface area contributed by atoms with Crippen LogP contribution in [0.1, 0.15) is 75.3 Å². The number of unbranched alkanes of at least 4 members (excludes halogenated alkanes) is 1. The van der Waals surface area contributed by atoms with Crippen LogP contribution in [0.3, 0.4) is 0 Å². The molecule has 3 heteroatoms. The Labute approximate surface area is 183 Å². The molecule has 2 aliphatic rings. The summed E-state index contributed by atoms with van der Waals surface area (Å²) in [5.41, 5.74) is 2.95. The number of hydrogen-bond acceptors (Lipinski definition) is 0. The Morgan fingerprint density at radius 2 is 1.60 bits per heavy atom. The van der Waals surface area contributed by atoms with Crippen molar-refractivity contribution < 1.29 is 8.78 Å². The summed E-state index contributed by atoms with van der Waals surface area (Å²) in [6.07, 6.45) is 16.5. The number of rotatable bonds is 9. The Kier molecular flexibility index (Phi) is 8.92.